The molecule has 1 saturated carbocycles. The van der Waals surface area contributed by atoms with Crippen LogP contribution in [0.25, 0.3) is 0 Å². The van der Waals surface area contributed by atoms with E-state index in [9.17, 15) is 0 Å². The summed E-state index contributed by atoms with van der Waals surface area (Å²) < 4.78 is 1.99. The van der Waals surface area contributed by atoms with Crippen molar-refractivity contribution in [2.45, 2.75) is 71.9 Å². The van der Waals surface area contributed by atoms with Crippen molar-refractivity contribution in [1.29, 1.82) is 0 Å². The molecule has 2 rings (SSSR count). The van der Waals surface area contributed by atoms with Gasteiger partial charge in [0.25, 0.3) is 0 Å². The predicted octanol–water partition coefficient (Wildman–Crippen LogP) is 3.49. The summed E-state index contributed by atoms with van der Waals surface area (Å²) in [5.41, 5.74) is 3.86. The first-order valence-corrected chi connectivity index (χ1v) is 7.84. The second-order valence-electron chi connectivity index (χ2n) is 6.13. The van der Waals surface area contributed by atoms with Gasteiger partial charge in [-0.3, -0.25) is 4.68 Å². The van der Waals surface area contributed by atoms with Crippen LogP contribution in [-0.2, 0) is 13.6 Å². The fourth-order valence-corrected chi connectivity index (χ4v) is 3.31. The molecule has 0 radical (unpaired) electrons. The number of nitrogens with one attached hydrogen (secondary N) is 1. The molecule has 0 saturated heterocycles. The molecule has 1 aromatic heterocycles. The Balaban J connectivity index is 1.88. The molecule has 1 aromatic rings. The molecule has 0 bridgehead atoms. The van der Waals surface area contributed by atoms with Gasteiger partial charge in [-0.05, 0) is 39.0 Å². The molecule has 0 aliphatic heterocycles. The van der Waals surface area contributed by atoms with E-state index in [1.165, 1.54) is 55.5 Å². The number of hydrogen-bond donors (Lipinski definition) is 1. The topological polar surface area (TPSA) is 29.9 Å². The summed E-state index contributed by atoms with van der Waals surface area (Å²) in [5.74, 6) is 0.966. The minimum absolute atomic E-state index is 0.704. The van der Waals surface area contributed by atoms with Gasteiger partial charge < -0.3 is 5.32 Å². The Morgan fingerprint density at radius 2 is 2.00 bits per heavy atom. The van der Waals surface area contributed by atoms with Crippen LogP contribution in [0.1, 0.15) is 62.4 Å². The SMILES string of the molecule is CCC1CCCC(NCc2c(C)nn(C)c2C)CC1. The first-order valence-electron chi connectivity index (χ1n) is 7.84. The zero-order chi connectivity index (χ0) is 13.8. The van der Waals surface area contributed by atoms with Gasteiger partial charge in [-0.2, -0.15) is 5.10 Å². The third kappa shape index (κ3) is 3.59. The van der Waals surface area contributed by atoms with Crippen LogP contribution in [0.2, 0.25) is 0 Å². The molecule has 2 atom stereocenters. The van der Waals surface area contributed by atoms with Gasteiger partial charge >= 0.3 is 0 Å². The summed E-state index contributed by atoms with van der Waals surface area (Å²) in [6.45, 7) is 7.59. The number of nitrogens with zero attached hydrogens (tertiary/aromatic N) is 2. The lowest BCUT2D eigenvalue weighted by molar-refractivity contribution is 0.424. The Kier molecular flexibility index (Phi) is 5.03. The van der Waals surface area contributed by atoms with Gasteiger partial charge in [0.15, 0.2) is 0 Å². The monoisotopic (exact) mass is 263 g/mol. The van der Waals surface area contributed by atoms with Gasteiger partial charge in [-0.1, -0.05) is 26.2 Å². The van der Waals surface area contributed by atoms with E-state index in [-0.39, 0.29) is 0 Å². The molecule has 19 heavy (non-hydrogen) atoms. The smallest absolute Gasteiger partial charge is 0.0641 e. The van der Waals surface area contributed by atoms with Crippen LogP contribution < -0.4 is 5.32 Å². The zero-order valence-corrected chi connectivity index (χ0v) is 13.0. The third-order valence-corrected chi connectivity index (χ3v) is 4.89. The quantitative estimate of drug-likeness (QED) is 0.843. The molecule has 1 aliphatic rings. The maximum atomic E-state index is 4.49. The minimum Gasteiger partial charge on any atom is -0.310 e. The fraction of sp³-hybridized carbons (Fsp3) is 0.812. The van der Waals surface area contributed by atoms with Crippen molar-refractivity contribution in [3.05, 3.63) is 17.0 Å². The van der Waals surface area contributed by atoms with E-state index in [0.717, 1.165) is 12.5 Å². The lowest BCUT2D eigenvalue weighted by atomic mass is 9.98. The van der Waals surface area contributed by atoms with Gasteiger partial charge in [-0.15, -0.1) is 0 Å². The maximum Gasteiger partial charge on any atom is 0.0641 e. The number of aryl methyl sites for hydroxylation is 2. The molecule has 3 heteroatoms. The van der Waals surface area contributed by atoms with E-state index in [0.29, 0.717) is 6.04 Å². The lowest BCUT2D eigenvalue weighted by Crippen LogP contribution is -2.28. The molecule has 2 unspecified atom stereocenters. The Hall–Kier alpha value is -0.830. The Labute approximate surface area is 117 Å². The van der Waals surface area contributed by atoms with E-state index in [4.69, 9.17) is 0 Å². The standard InChI is InChI=1S/C16H29N3/c1-5-14-7-6-8-15(10-9-14)17-11-16-12(2)18-19(4)13(16)3/h14-15,17H,5-11H2,1-4H3. The molecule has 0 amide bonds. The van der Waals surface area contributed by atoms with Crippen LogP contribution in [0.5, 0.6) is 0 Å². The maximum absolute atomic E-state index is 4.49. The molecule has 1 aliphatic carbocycles. The van der Waals surface area contributed by atoms with Gasteiger partial charge in [0.2, 0.25) is 0 Å². The second-order valence-corrected chi connectivity index (χ2v) is 6.13. The van der Waals surface area contributed by atoms with Crippen molar-refractivity contribution in [1.82, 2.24) is 15.1 Å². The molecular formula is C16H29N3. The van der Waals surface area contributed by atoms with Crippen LogP contribution in [0, 0.1) is 19.8 Å². The highest BCUT2D eigenvalue weighted by Crippen LogP contribution is 2.25. The van der Waals surface area contributed by atoms with Crippen LogP contribution in [0.4, 0.5) is 0 Å². The Bertz CT molecular complexity index is 408. The van der Waals surface area contributed by atoms with Crippen molar-refractivity contribution in [3.8, 4) is 0 Å². The Morgan fingerprint density at radius 3 is 2.63 bits per heavy atom. The molecule has 1 heterocycles. The van der Waals surface area contributed by atoms with Crippen molar-refractivity contribution in [2.75, 3.05) is 0 Å². The number of rotatable bonds is 4. The fourth-order valence-electron chi connectivity index (χ4n) is 3.31. The van der Waals surface area contributed by atoms with Gasteiger partial charge in [0, 0.05) is 30.9 Å². The van der Waals surface area contributed by atoms with Crippen LogP contribution >= 0.6 is 0 Å². The first kappa shape index (κ1) is 14.6. The van der Waals surface area contributed by atoms with E-state index in [2.05, 4.69) is 31.2 Å². The average Bonchev–Trinajstić information content (AvgIpc) is 2.60. The van der Waals surface area contributed by atoms with E-state index >= 15 is 0 Å². The summed E-state index contributed by atoms with van der Waals surface area (Å²) in [4.78, 5) is 0. The summed E-state index contributed by atoms with van der Waals surface area (Å²) in [6.07, 6.45) is 8.26. The molecule has 0 spiro atoms. The highest BCUT2D eigenvalue weighted by molar-refractivity contribution is 5.24. The number of aromatic nitrogens is 2. The van der Waals surface area contributed by atoms with Crippen molar-refractivity contribution < 1.29 is 0 Å². The minimum atomic E-state index is 0.704. The summed E-state index contributed by atoms with van der Waals surface area (Å²) >= 11 is 0. The summed E-state index contributed by atoms with van der Waals surface area (Å²) in [6, 6.07) is 0.704. The number of hydrogen-bond acceptors (Lipinski definition) is 2. The largest absolute Gasteiger partial charge is 0.310 e. The Morgan fingerprint density at radius 1 is 1.21 bits per heavy atom. The van der Waals surface area contributed by atoms with E-state index < -0.39 is 0 Å². The molecule has 108 valence electrons. The van der Waals surface area contributed by atoms with Crippen molar-refractivity contribution in [3.63, 3.8) is 0 Å². The third-order valence-electron chi connectivity index (χ3n) is 4.89. The van der Waals surface area contributed by atoms with Crippen LogP contribution in [0.3, 0.4) is 0 Å². The second kappa shape index (κ2) is 6.56. The molecular weight excluding hydrogens is 234 g/mol. The van der Waals surface area contributed by atoms with Crippen molar-refractivity contribution in [2.24, 2.45) is 13.0 Å². The van der Waals surface area contributed by atoms with Gasteiger partial charge in [-0.25, -0.2) is 0 Å². The average molecular weight is 263 g/mol. The molecule has 0 aromatic carbocycles. The van der Waals surface area contributed by atoms with E-state index in [1.54, 1.807) is 0 Å². The van der Waals surface area contributed by atoms with Crippen LogP contribution in [0.15, 0.2) is 0 Å². The van der Waals surface area contributed by atoms with Crippen molar-refractivity contribution >= 4 is 0 Å². The lowest BCUT2D eigenvalue weighted by Gasteiger charge is -2.17. The summed E-state index contributed by atoms with van der Waals surface area (Å²) in [7, 11) is 2.03. The molecule has 3 nitrogen and oxygen atoms in total. The predicted molar refractivity (Wildman–Crippen MR) is 80.2 cm³/mol. The molecule has 1 fully saturated rings. The highest BCUT2D eigenvalue weighted by Gasteiger charge is 2.18. The van der Waals surface area contributed by atoms with E-state index in [1.807, 2.05) is 11.7 Å². The molecule has 1 N–H and O–H groups in total. The highest BCUT2D eigenvalue weighted by atomic mass is 15.3. The van der Waals surface area contributed by atoms with Gasteiger partial charge in [0.05, 0.1) is 5.69 Å². The summed E-state index contributed by atoms with van der Waals surface area (Å²) in [5, 5.41) is 8.26. The zero-order valence-electron chi connectivity index (χ0n) is 13.0. The first-order chi connectivity index (χ1) is 9.11. The van der Waals surface area contributed by atoms with Gasteiger partial charge in [0.1, 0.15) is 0 Å². The van der Waals surface area contributed by atoms with Crippen LogP contribution in [-0.4, -0.2) is 15.8 Å². The normalized spacial score (nSPS) is 24.4.